The fourth-order valence-corrected chi connectivity index (χ4v) is 2.10. The predicted octanol–water partition coefficient (Wildman–Crippen LogP) is 3.00. The van der Waals surface area contributed by atoms with Crippen molar-refractivity contribution in [2.75, 3.05) is 13.1 Å². The van der Waals surface area contributed by atoms with Crippen LogP contribution in [-0.4, -0.2) is 29.1 Å². The van der Waals surface area contributed by atoms with Crippen molar-refractivity contribution in [3.05, 3.63) is 35.4 Å². The van der Waals surface area contributed by atoms with Crippen LogP contribution in [0.2, 0.25) is 0 Å². The van der Waals surface area contributed by atoms with Gasteiger partial charge in [-0.25, -0.2) is 0 Å². The second-order valence-corrected chi connectivity index (χ2v) is 5.20. The molecule has 1 aromatic rings. The molecule has 1 N–H and O–H groups in total. The third-order valence-electron chi connectivity index (χ3n) is 3.26. The van der Waals surface area contributed by atoms with E-state index in [1.54, 1.807) is 4.90 Å². The molecule has 0 unspecified atom stereocenters. The fraction of sp³-hybridized carbons (Fsp3) is 0.500. The second-order valence-electron chi connectivity index (χ2n) is 5.20. The Bertz CT molecular complexity index is 466. The van der Waals surface area contributed by atoms with Crippen LogP contribution in [0.3, 0.4) is 0 Å². The number of hydrogen-bond donors (Lipinski definition) is 1. The van der Waals surface area contributed by atoms with E-state index in [1.807, 2.05) is 0 Å². The molecule has 2 rings (SSSR count). The molecule has 1 aliphatic rings. The van der Waals surface area contributed by atoms with Gasteiger partial charge < -0.3 is 5.11 Å². The van der Waals surface area contributed by atoms with Crippen LogP contribution in [0.25, 0.3) is 0 Å². The third kappa shape index (κ3) is 4.52. The van der Waals surface area contributed by atoms with Crippen molar-refractivity contribution < 1.29 is 23.1 Å². The molecule has 1 saturated carbocycles. The predicted molar refractivity (Wildman–Crippen MR) is 67.1 cm³/mol. The van der Waals surface area contributed by atoms with Gasteiger partial charge in [-0.3, -0.25) is 9.69 Å². The first kappa shape index (κ1) is 14.8. The SMILES string of the molecule is O=C(O)CN(Cc1ccc(C(F)(F)F)cc1)CC1CC1. The number of carboxylic acids is 1. The van der Waals surface area contributed by atoms with Crippen molar-refractivity contribution in [2.24, 2.45) is 5.92 Å². The Morgan fingerprint density at radius 3 is 2.30 bits per heavy atom. The largest absolute Gasteiger partial charge is 0.480 e. The molecule has 0 aliphatic heterocycles. The smallest absolute Gasteiger partial charge is 0.416 e. The quantitative estimate of drug-likeness (QED) is 0.874. The minimum atomic E-state index is -4.34. The Balaban J connectivity index is 1.99. The molecule has 0 radical (unpaired) electrons. The molecular weight excluding hydrogens is 271 g/mol. The first-order chi connectivity index (χ1) is 9.34. The number of hydrogen-bond acceptors (Lipinski definition) is 2. The van der Waals surface area contributed by atoms with Gasteiger partial charge in [0, 0.05) is 13.1 Å². The van der Waals surface area contributed by atoms with Crippen LogP contribution in [0.1, 0.15) is 24.0 Å². The number of nitrogens with zero attached hydrogens (tertiary/aromatic N) is 1. The highest BCUT2D eigenvalue weighted by atomic mass is 19.4. The zero-order chi connectivity index (χ0) is 14.8. The van der Waals surface area contributed by atoms with E-state index in [2.05, 4.69) is 0 Å². The lowest BCUT2D eigenvalue weighted by atomic mass is 10.1. The lowest BCUT2D eigenvalue weighted by Crippen LogP contribution is -2.31. The molecule has 3 nitrogen and oxygen atoms in total. The minimum absolute atomic E-state index is 0.0858. The van der Waals surface area contributed by atoms with Crippen LogP contribution in [0.4, 0.5) is 13.2 Å². The van der Waals surface area contributed by atoms with E-state index in [9.17, 15) is 18.0 Å². The average molecular weight is 287 g/mol. The number of rotatable bonds is 6. The standard InChI is InChI=1S/C14H16F3NO2/c15-14(16,17)12-5-3-11(4-6-12)8-18(9-13(19)20)7-10-1-2-10/h3-6,10H,1-2,7-9H2,(H,19,20). The summed E-state index contributed by atoms with van der Waals surface area (Å²) in [5, 5.41) is 8.86. The molecule has 0 amide bonds. The van der Waals surface area contributed by atoms with E-state index in [0.717, 1.165) is 25.0 Å². The number of benzene rings is 1. The number of carboxylic acid groups (broad SMARTS) is 1. The summed E-state index contributed by atoms with van der Waals surface area (Å²) in [4.78, 5) is 12.6. The van der Waals surface area contributed by atoms with E-state index < -0.39 is 17.7 Å². The molecule has 110 valence electrons. The number of halogens is 3. The molecule has 1 aromatic carbocycles. The molecular formula is C14H16F3NO2. The van der Waals surface area contributed by atoms with Gasteiger partial charge in [-0.1, -0.05) is 12.1 Å². The van der Waals surface area contributed by atoms with E-state index in [0.29, 0.717) is 24.6 Å². The fourth-order valence-electron chi connectivity index (χ4n) is 2.10. The maximum Gasteiger partial charge on any atom is 0.416 e. The maximum absolute atomic E-state index is 12.4. The normalized spacial score (nSPS) is 15.6. The average Bonchev–Trinajstić information content (AvgIpc) is 3.11. The molecule has 0 heterocycles. The van der Waals surface area contributed by atoms with Crippen molar-refractivity contribution in [3.63, 3.8) is 0 Å². The number of aliphatic carboxylic acids is 1. The van der Waals surface area contributed by atoms with Crippen molar-refractivity contribution in [2.45, 2.75) is 25.6 Å². The van der Waals surface area contributed by atoms with Crippen molar-refractivity contribution in [1.29, 1.82) is 0 Å². The summed E-state index contributed by atoms with van der Waals surface area (Å²) in [5.74, 6) is -0.388. The van der Waals surface area contributed by atoms with Gasteiger partial charge in [0.05, 0.1) is 12.1 Å². The van der Waals surface area contributed by atoms with Crippen molar-refractivity contribution in [1.82, 2.24) is 4.90 Å². The topological polar surface area (TPSA) is 40.5 Å². The second kappa shape index (κ2) is 5.83. The Labute approximate surface area is 115 Å². The van der Waals surface area contributed by atoms with E-state index in [1.165, 1.54) is 12.1 Å². The van der Waals surface area contributed by atoms with E-state index in [4.69, 9.17) is 5.11 Å². The summed E-state index contributed by atoms with van der Waals surface area (Å²) < 4.78 is 37.3. The van der Waals surface area contributed by atoms with Crippen LogP contribution in [-0.2, 0) is 17.5 Å². The van der Waals surface area contributed by atoms with Crippen LogP contribution < -0.4 is 0 Å². The molecule has 0 spiro atoms. The molecule has 20 heavy (non-hydrogen) atoms. The summed E-state index contributed by atoms with van der Waals surface area (Å²) in [5.41, 5.74) is 0.00753. The molecule has 0 bridgehead atoms. The van der Waals surface area contributed by atoms with Crippen LogP contribution >= 0.6 is 0 Å². The molecule has 1 aliphatic carbocycles. The molecule has 1 fully saturated rings. The summed E-state index contributed by atoms with van der Waals surface area (Å²) in [6, 6.07) is 4.88. The minimum Gasteiger partial charge on any atom is -0.480 e. The Morgan fingerprint density at radius 2 is 1.85 bits per heavy atom. The van der Waals surface area contributed by atoms with Crippen molar-refractivity contribution >= 4 is 5.97 Å². The van der Waals surface area contributed by atoms with Crippen LogP contribution in [0.15, 0.2) is 24.3 Å². The Kier molecular flexibility index (Phi) is 4.32. The van der Waals surface area contributed by atoms with Gasteiger partial charge in [0.15, 0.2) is 0 Å². The van der Waals surface area contributed by atoms with E-state index in [-0.39, 0.29) is 6.54 Å². The van der Waals surface area contributed by atoms with Gasteiger partial charge in [-0.15, -0.1) is 0 Å². The molecule has 0 atom stereocenters. The summed E-state index contributed by atoms with van der Waals surface area (Å²) in [6.45, 7) is 0.964. The first-order valence-electron chi connectivity index (χ1n) is 6.45. The first-order valence-corrected chi connectivity index (χ1v) is 6.45. The Hall–Kier alpha value is -1.56. The van der Waals surface area contributed by atoms with Crippen molar-refractivity contribution in [3.8, 4) is 0 Å². The third-order valence-corrected chi connectivity index (χ3v) is 3.26. The van der Waals surface area contributed by atoms with Gasteiger partial charge >= 0.3 is 12.1 Å². The highest BCUT2D eigenvalue weighted by Crippen LogP contribution is 2.31. The highest BCUT2D eigenvalue weighted by Gasteiger charge is 2.30. The van der Waals surface area contributed by atoms with Gasteiger partial charge in [0.25, 0.3) is 0 Å². The van der Waals surface area contributed by atoms with Gasteiger partial charge in [0.2, 0.25) is 0 Å². The lowest BCUT2D eigenvalue weighted by Gasteiger charge is -2.20. The maximum atomic E-state index is 12.4. The van der Waals surface area contributed by atoms with Gasteiger partial charge in [-0.05, 0) is 36.5 Å². The van der Waals surface area contributed by atoms with Crippen LogP contribution in [0.5, 0.6) is 0 Å². The van der Waals surface area contributed by atoms with Crippen LogP contribution in [0, 0.1) is 5.92 Å². The molecule has 6 heteroatoms. The number of alkyl halides is 3. The zero-order valence-electron chi connectivity index (χ0n) is 10.9. The van der Waals surface area contributed by atoms with Gasteiger partial charge in [0.1, 0.15) is 0 Å². The van der Waals surface area contributed by atoms with Gasteiger partial charge in [-0.2, -0.15) is 13.2 Å². The number of carbonyl (C=O) groups is 1. The zero-order valence-corrected chi connectivity index (χ0v) is 10.9. The Morgan fingerprint density at radius 1 is 1.25 bits per heavy atom. The monoisotopic (exact) mass is 287 g/mol. The summed E-state index contributed by atoms with van der Waals surface area (Å²) >= 11 is 0. The summed E-state index contributed by atoms with van der Waals surface area (Å²) in [6.07, 6.45) is -2.14. The molecule has 0 saturated heterocycles. The van der Waals surface area contributed by atoms with E-state index >= 15 is 0 Å². The summed E-state index contributed by atoms with van der Waals surface area (Å²) in [7, 11) is 0. The lowest BCUT2D eigenvalue weighted by molar-refractivity contribution is -0.138. The highest BCUT2D eigenvalue weighted by molar-refractivity contribution is 5.69. The molecule has 0 aromatic heterocycles.